The third-order valence-electron chi connectivity index (χ3n) is 3.34. The molecule has 0 bridgehead atoms. The Hall–Kier alpha value is -2.93. The Morgan fingerprint density at radius 2 is 1.84 bits per heavy atom. The quantitative estimate of drug-likeness (QED) is 0.744. The van der Waals surface area contributed by atoms with E-state index < -0.39 is 12.0 Å². The Bertz CT molecular complexity index is 866. The van der Waals surface area contributed by atoms with E-state index in [-0.39, 0.29) is 11.6 Å². The highest BCUT2D eigenvalue weighted by Crippen LogP contribution is 2.26. The number of anilines is 1. The summed E-state index contributed by atoms with van der Waals surface area (Å²) in [7, 11) is 0. The minimum atomic E-state index is -0.833. The van der Waals surface area contributed by atoms with E-state index in [1.165, 1.54) is 24.3 Å². The van der Waals surface area contributed by atoms with E-state index in [0.29, 0.717) is 22.0 Å². The monoisotopic (exact) mass is 361 g/mol. The van der Waals surface area contributed by atoms with Gasteiger partial charge in [-0.1, -0.05) is 23.7 Å². The third-order valence-corrected chi connectivity index (χ3v) is 3.60. The molecule has 0 fully saturated rings. The number of nitrogens with one attached hydrogen (secondary N) is 1. The van der Waals surface area contributed by atoms with Crippen molar-refractivity contribution in [2.45, 2.75) is 13.0 Å². The number of hydrogen-bond donors (Lipinski definition) is 1. The normalized spacial score (nSPS) is 11.8. The lowest BCUT2D eigenvalue weighted by atomic mass is 10.1. The van der Waals surface area contributed by atoms with Gasteiger partial charge in [-0.15, -0.1) is 0 Å². The first-order chi connectivity index (χ1) is 12.0. The number of rotatable bonds is 5. The predicted molar refractivity (Wildman–Crippen MR) is 89.9 cm³/mol. The molecule has 1 atom stereocenters. The Morgan fingerprint density at radius 1 is 1.16 bits per heavy atom. The molecule has 1 aromatic heterocycles. The molecule has 25 heavy (non-hydrogen) atoms. The van der Waals surface area contributed by atoms with E-state index in [9.17, 15) is 9.18 Å². The summed E-state index contributed by atoms with van der Waals surface area (Å²) in [5.74, 6) is -0.289. The molecule has 3 aromatic rings. The Balaban J connectivity index is 1.70. The SMILES string of the molecule is C[C@@H](Oc1ccc(F)cc1)C(=O)Nc1nonc1-c1ccc(Cl)cc1. The number of amides is 1. The maximum atomic E-state index is 12.9. The Kier molecular flexibility index (Phi) is 4.95. The smallest absolute Gasteiger partial charge is 0.266 e. The molecule has 128 valence electrons. The van der Waals surface area contributed by atoms with E-state index in [2.05, 4.69) is 15.6 Å². The van der Waals surface area contributed by atoms with Crippen LogP contribution < -0.4 is 10.1 Å². The van der Waals surface area contributed by atoms with Gasteiger partial charge in [-0.25, -0.2) is 9.02 Å². The third kappa shape index (κ3) is 4.13. The zero-order valence-corrected chi connectivity index (χ0v) is 13.8. The van der Waals surface area contributed by atoms with Gasteiger partial charge in [0.15, 0.2) is 11.8 Å². The molecule has 0 aliphatic heterocycles. The first-order valence-electron chi connectivity index (χ1n) is 7.34. The average molecular weight is 362 g/mol. The van der Waals surface area contributed by atoms with E-state index in [0.717, 1.165) is 0 Å². The summed E-state index contributed by atoms with van der Waals surface area (Å²) in [6.07, 6.45) is -0.833. The molecule has 0 aliphatic carbocycles. The molecule has 1 amide bonds. The Labute approximate surface area is 147 Å². The molecule has 0 saturated heterocycles. The second kappa shape index (κ2) is 7.31. The van der Waals surface area contributed by atoms with Crippen molar-refractivity contribution in [2.24, 2.45) is 0 Å². The van der Waals surface area contributed by atoms with Crippen LogP contribution in [-0.2, 0) is 4.79 Å². The zero-order valence-electron chi connectivity index (χ0n) is 13.1. The van der Waals surface area contributed by atoms with Gasteiger partial charge >= 0.3 is 0 Å². The molecule has 3 rings (SSSR count). The molecule has 0 unspecified atom stereocenters. The van der Waals surface area contributed by atoms with Crippen LogP contribution in [-0.4, -0.2) is 22.3 Å². The fraction of sp³-hybridized carbons (Fsp3) is 0.118. The van der Waals surface area contributed by atoms with Crippen LogP contribution >= 0.6 is 11.6 Å². The van der Waals surface area contributed by atoms with Crippen LogP contribution in [0.25, 0.3) is 11.3 Å². The van der Waals surface area contributed by atoms with Gasteiger partial charge in [0.2, 0.25) is 5.82 Å². The highest BCUT2D eigenvalue weighted by molar-refractivity contribution is 6.30. The number of ether oxygens (including phenoxy) is 1. The van der Waals surface area contributed by atoms with Crippen LogP contribution in [0.2, 0.25) is 5.02 Å². The summed E-state index contributed by atoms with van der Waals surface area (Å²) in [5, 5.41) is 10.7. The number of benzene rings is 2. The maximum absolute atomic E-state index is 12.9. The molecule has 8 heteroatoms. The van der Waals surface area contributed by atoms with Crippen LogP contribution in [0.3, 0.4) is 0 Å². The number of nitrogens with zero attached hydrogens (tertiary/aromatic N) is 2. The summed E-state index contributed by atoms with van der Waals surface area (Å²) < 4.78 is 23.1. The van der Waals surface area contributed by atoms with Crippen molar-refractivity contribution >= 4 is 23.3 Å². The van der Waals surface area contributed by atoms with Crippen LogP contribution in [0.5, 0.6) is 5.75 Å². The molecular weight excluding hydrogens is 349 g/mol. The first-order valence-corrected chi connectivity index (χ1v) is 7.72. The van der Waals surface area contributed by atoms with Crippen LogP contribution in [0.15, 0.2) is 53.2 Å². The fourth-order valence-corrected chi connectivity index (χ4v) is 2.18. The van der Waals surface area contributed by atoms with Crippen LogP contribution in [0.1, 0.15) is 6.92 Å². The van der Waals surface area contributed by atoms with Crippen molar-refractivity contribution in [2.75, 3.05) is 5.32 Å². The molecule has 0 spiro atoms. The van der Waals surface area contributed by atoms with Crippen molar-refractivity contribution in [3.8, 4) is 17.0 Å². The van der Waals surface area contributed by atoms with Crippen LogP contribution in [0.4, 0.5) is 10.2 Å². The molecule has 0 radical (unpaired) electrons. The van der Waals surface area contributed by atoms with Gasteiger partial charge in [0.25, 0.3) is 5.91 Å². The zero-order chi connectivity index (χ0) is 17.8. The largest absolute Gasteiger partial charge is 0.481 e. The van der Waals surface area contributed by atoms with Crippen molar-refractivity contribution in [3.63, 3.8) is 0 Å². The fourth-order valence-electron chi connectivity index (χ4n) is 2.06. The molecular formula is C17H13ClFN3O3. The lowest BCUT2D eigenvalue weighted by Gasteiger charge is -2.13. The summed E-state index contributed by atoms with van der Waals surface area (Å²) in [4.78, 5) is 12.3. The van der Waals surface area contributed by atoms with E-state index in [4.69, 9.17) is 21.0 Å². The highest BCUT2D eigenvalue weighted by Gasteiger charge is 2.20. The minimum absolute atomic E-state index is 0.168. The van der Waals surface area contributed by atoms with Gasteiger partial charge in [-0.3, -0.25) is 4.79 Å². The van der Waals surface area contributed by atoms with E-state index in [1.54, 1.807) is 31.2 Å². The van der Waals surface area contributed by atoms with Crippen molar-refractivity contribution in [3.05, 3.63) is 59.4 Å². The standard InChI is InChI=1S/C17H13ClFN3O3/c1-10(24-14-8-6-13(19)7-9-14)17(23)20-16-15(21-25-22-16)11-2-4-12(18)5-3-11/h2-10H,1H3,(H,20,22,23)/t10-/m1/s1. The van der Waals surface area contributed by atoms with Crippen molar-refractivity contribution in [1.82, 2.24) is 10.3 Å². The van der Waals surface area contributed by atoms with Gasteiger partial charge in [0.1, 0.15) is 11.6 Å². The van der Waals surface area contributed by atoms with E-state index in [1.807, 2.05) is 0 Å². The molecule has 0 saturated carbocycles. The molecule has 1 N–H and O–H groups in total. The highest BCUT2D eigenvalue weighted by atomic mass is 35.5. The Morgan fingerprint density at radius 3 is 2.52 bits per heavy atom. The van der Waals surface area contributed by atoms with Crippen molar-refractivity contribution < 1.29 is 18.6 Å². The number of hydrogen-bond acceptors (Lipinski definition) is 5. The molecule has 0 aliphatic rings. The van der Waals surface area contributed by atoms with Gasteiger partial charge in [0, 0.05) is 10.6 Å². The maximum Gasteiger partial charge on any atom is 0.266 e. The lowest BCUT2D eigenvalue weighted by molar-refractivity contribution is -0.122. The number of carbonyl (C=O) groups is 1. The lowest BCUT2D eigenvalue weighted by Crippen LogP contribution is -2.30. The summed E-state index contributed by atoms with van der Waals surface area (Å²) in [6, 6.07) is 12.2. The van der Waals surface area contributed by atoms with Gasteiger partial charge in [-0.05, 0) is 53.6 Å². The predicted octanol–water partition coefficient (Wildman–Crippen LogP) is 3.94. The van der Waals surface area contributed by atoms with Crippen LogP contribution in [0, 0.1) is 5.82 Å². The van der Waals surface area contributed by atoms with Crippen molar-refractivity contribution in [1.29, 1.82) is 0 Å². The second-order valence-corrected chi connectivity index (χ2v) is 5.61. The van der Waals surface area contributed by atoms with Gasteiger partial charge < -0.3 is 10.1 Å². The average Bonchev–Trinajstić information content (AvgIpc) is 3.05. The van der Waals surface area contributed by atoms with Gasteiger partial charge in [-0.2, -0.15) is 0 Å². The first kappa shape index (κ1) is 16.9. The number of carbonyl (C=O) groups excluding carboxylic acids is 1. The summed E-state index contributed by atoms with van der Waals surface area (Å²) in [6.45, 7) is 1.56. The second-order valence-electron chi connectivity index (χ2n) is 5.17. The molecule has 2 aromatic carbocycles. The van der Waals surface area contributed by atoms with E-state index >= 15 is 0 Å². The summed E-state index contributed by atoms with van der Waals surface area (Å²) >= 11 is 5.86. The van der Waals surface area contributed by atoms with Gasteiger partial charge in [0.05, 0.1) is 0 Å². The minimum Gasteiger partial charge on any atom is -0.481 e. The molecule has 6 nitrogen and oxygen atoms in total. The number of halogens is 2. The summed E-state index contributed by atoms with van der Waals surface area (Å²) in [5.41, 5.74) is 1.06. The number of aromatic nitrogens is 2. The topological polar surface area (TPSA) is 77.2 Å². The molecule has 1 heterocycles.